The lowest BCUT2D eigenvalue weighted by molar-refractivity contribution is 0.0703. The molecule has 0 aromatic heterocycles. The van der Waals surface area contributed by atoms with Gasteiger partial charge in [0.05, 0.1) is 5.60 Å². The fraction of sp³-hybridized carbons (Fsp3) is 0.571. The highest BCUT2D eigenvalue weighted by Gasteiger charge is 2.27. The summed E-state index contributed by atoms with van der Waals surface area (Å²) in [5.74, 6) is 0. The summed E-state index contributed by atoms with van der Waals surface area (Å²) in [7, 11) is 0. The largest absolute Gasteiger partial charge is 0.390 e. The molecule has 0 radical (unpaired) electrons. The molecule has 1 aromatic rings. The summed E-state index contributed by atoms with van der Waals surface area (Å²) in [5.41, 5.74) is 8.07. The lowest BCUT2D eigenvalue weighted by atomic mass is 10.0. The quantitative estimate of drug-likeness (QED) is 0.745. The van der Waals surface area contributed by atoms with E-state index in [2.05, 4.69) is 23.5 Å². The molecule has 2 unspecified atom stereocenters. The van der Waals surface area contributed by atoms with Gasteiger partial charge in [0.1, 0.15) is 0 Å². The molecular weight excluding hydrogens is 212 g/mol. The zero-order valence-corrected chi connectivity index (χ0v) is 10.6. The van der Waals surface area contributed by atoms with Gasteiger partial charge in [0.15, 0.2) is 0 Å². The lowest BCUT2D eigenvalue weighted by Gasteiger charge is -2.20. The summed E-state index contributed by atoms with van der Waals surface area (Å²) in [6.07, 6.45) is 1.70. The zero-order chi connectivity index (χ0) is 12.5. The molecule has 3 nitrogen and oxygen atoms in total. The van der Waals surface area contributed by atoms with Crippen LogP contribution in [0.3, 0.4) is 0 Å². The highest BCUT2D eigenvalue weighted by molar-refractivity contribution is 5.37. The van der Waals surface area contributed by atoms with E-state index >= 15 is 0 Å². The average molecular weight is 234 g/mol. The maximum absolute atomic E-state index is 9.67. The molecular formula is C14H22N2O. The zero-order valence-electron chi connectivity index (χ0n) is 10.6. The van der Waals surface area contributed by atoms with E-state index < -0.39 is 5.60 Å². The highest BCUT2D eigenvalue weighted by atomic mass is 16.3. The number of aliphatic hydroxyl groups is 1. The van der Waals surface area contributed by atoms with Crippen molar-refractivity contribution in [3.8, 4) is 0 Å². The van der Waals surface area contributed by atoms with Gasteiger partial charge in [-0.05, 0) is 44.4 Å². The van der Waals surface area contributed by atoms with E-state index in [1.807, 2.05) is 19.9 Å². The first-order valence-corrected chi connectivity index (χ1v) is 6.27. The molecule has 3 heteroatoms. The number of benzene rings is 1. The summed E-state index contributed by atoms with van der Waals surface area (Å²) >= 11 is 0. The maximum atomic E-state index is 9.67. The Kier molecular flexibility index (Phi) is 3.52. The highest BCUT2D eigenvalue weighted by Crippen LogP contribution is 2.36. The van der Waals surface area contributed by atoms with Gasteiger partial charge >= 0.3 is 0 Å². The van der Waals surface area contributed by atoms with Crippen LogP contribution in [0.4, 0.5) is 0 Å². The van der Waals surface area contributed by atoms with Crippen molar-refractivity contribution >= 4 is 0 Å². The normalized spacial score (nSPS) is 23.8. The summed E-state index contributed by atoms with van der Waals surface area (Å²) in [4.78, 5) is 0. The summed E-state index contributed by atoms with van der Waals surface area (Å²) in [5, 5.41) is 13.2. The van der Waals surface area contributed by atoms with Crippen molar-refractivity contribution < 1.29 is 5.11 Å². The van der Waals surface area contributed by atoms with E-state index in [1.165, 1.54) is 11.1 Å². The molecule has 17 heavy (non-hydrogen) atoms. The van der Waals surface area contributed by atoms with Crippen molar-refractivity contribution in [1.29, 1.82) is 0 Å². The van der Waals surface area contributed by atoms with Crippen LogP contribution in [0.1, 0.15) is 49.9 Å². The summed E-state index contributed by atoms with van der Waals surface area (Å²) < 4.78 is 0. The number of hydrogen-bond donors (Lipinski definition) is 3. The molecule has 0 aliphatic heterocycles. The fourth-order valence-electron chi connectivity index (χ4n) is 2.42. The van der Waals surface area contributed by atoms with Crippen molar-refractivity contribution in [1.82, 2.24) is 5.32 Å². The van der Waals surface area contributed by atoms with E-state index in [-0.39, 0.29) is 6.04 Å². The Morgan fingerprint density at radius 3 is 2.65 bits per heavy atom. The Balaban J connectivity index is 1.96. The standard InChI is InChI=1S/C14H22N2O/c1-14(2,17)7-8-16-13-9-12(15)10-5-3-4-6-11(10)13/h3-6,12-13,16-17H,7-9,15H2,1-2H3. The number of hydrogen-bond acceptors (Lipinski definition) is 3. The van der Waals surface area contributed by atoms with Crippen LogP contribution < -0.4 is 11.1 Å². The van der Waals surface area contributed by atoms with Crippen LogP contribution in [0.15, 0.2) is 24.3 Å². The van der Waals surface area contributed by atoms with E-state index in [0.717, 1.165) is 19.4 Å². The molecule has 1 aliphatic rings. The smallest absolute Gasteiger partial charge is 0.0603 e. The Hall–Kier alpha value is -0.900. The monoisotopic (exact) mass is 234 g/mol. The van der Waals surface area contributed by atoms with Gasteiger partial charge in [-0.2, -0.15) is 0 Å². The number of rotatable bonds is 4. The molecule has 1 aliphatic carbocycles. The minimum absolute atomic E-state index is 0.144. The first kappa shape index (κ1) is 12.6. The third kappa shape index (κ3) is 3.06. The van der Waals surface area contributed by atoms with Crippen molar-refractivity contribution in [2.24, 2.45) is 5.73 Å². The average Bonchev–Trinajstić information content (AvgIpc) is 2.55. The van der Waals surface area contributed by atoms with Crippen LogP contribution in [-0.4, -0.2) is 17.3 Å². The molecule has 0 fully saturated rings. The molecule has 0 spiro atoms. The molecule has 1 aromatic carbocycles. The second-order valence-electron chi connectivity index (χ2n) is 5.54. The summed E-state index contributed by atoms with van der Waals surface area (Å²) in [6.45, 7) is 4.49. The fourth-order valence-corrected chi connectivity index (χ4v) is 2.42. The Bertz CT molecular complexity index is 384. The molecule has 0 bridgehead atoms. The third-order valence-corrected chi connectivity index (χ3v) is 3.39. The van der Waals surface area contributed by atoms with Crippen LogP contribution in [0.25, 0.3) is 0 Å². The first-order chi connectivity index (χ1) is 7.97. The van der Waals surface area contributed by atoms with Gasteiger partial charge in [-0.25, -0.2) is 0 Å². The van der Waals surface area contributed by atoms with Gasteiger partial charge in [0.25, 0.3) is 0 Å². The minimum atomic E-state index is -0.604. The van der Waals surface area contributed by atoms with Crippen LogP contribution in [0.5, 0.6) is 0 Å². The topological polar surface area (TPSA) is 58.3 Å². The lowest BCUT2D eigenvalue weighted by Crippen LogP contribution is -2.28. The van der Waals surface area contributed by atoms with Gasteiger partial charge in [-0.15, -0.1) is 0 Å². The van der Waals surface area contributed by atoms with Crippen LogP contribution in [0.2, 0.25) is 0 Å². The van der Waals surface area contributed by atoms with Gasteiger partial charge in [0, 0.05) is 12.1 Å². The minimum Gasteiger partial charge on any atom is -0.390 e. The molecule has 4 N–H and O–H groups in total. The van der Waals surface area contributed by atoms with Crippen molar-refractivity contribution in [3.05, 3.63) is 35.4 Å². The Morgan fingerprint density at radius 2 is 2.00 bits per heavy atom. The number of nitrogens with one attached hydrogen (secondary N) is 1. The SMILES string of the molecule is CC(C)(O)CCNC1CC(N)c2ccccc21. The summed E-state index contributed by atoms with van der Waals surface area (Å²) in [6, 6.07) is 8.83. The van der Waals surface area contributed by atoms with Crippen molar-refractivity contribution in [3.63, 3.8) is 0 Å². The second kappa shape index (κ2) is 4.77. The van der Waals surface area contributed by atoms with E-state index in [9.17, 15) is 5.11 Å². The molecule has 0 amide bonds. The third-order valence-electron chi connectivity index (χ3n) is 3.39. The van der Waals surface area contributed by atoms with Gasteiger partial charge in [-0.3, -0.25) is 0 Å². The van der Waals surface area contributed by atoms with Crippen molar-refractivity contribution in [2.75, 3.05) is 6.54 Å². The van der Waals surface area contributed by atoms with E-state index in [0.29, 0.717) is 6.04 Å². The van der Waals surface area contributed by atoms with E-state index in [4.69, 9.17) is 5.73 Å². The predicted molar refractivity (Wildman–Crippen MR) is 69.6 cm³/mol. The van der Waals surface area contributed by atoms with Gasteiger partial charge < -0.3 is 16.2 Å². The molecule has 0 saturated heterocycles. The van der Waals surface area contributed by atoms with Gasteiger partial charge in [0.2, 0.25) is 0 Å². The molecule has 2 rings (SSSR count). The second-order valence-corrected chi connectivity index (χ2v) is 5.54. The van der Waals surface area contributed by atoms with E-state index in [1.54, 1.807) is 0 Å². The van der Waals surface area contributed by atoms with Crippen LogP contribution in [0, 0.1) is 0 Å². The Labute approximate surface area is 103 Å². The van der Waals surface area contributed by atoms with Gasteiger partial charge in [-0.1, -0.05) is 24.3 Å². The predicted octanol–water partition coefficient (Wildman–Crippen LogP) is 1.88. The van der Waals surface area contributed by atoms with Crippen LogP contribution in [-0.2, 0) is 0 Å². The molecule has 2 atom stereocenters. The maximum Gasteiger partial charge on any atom is 0.0603 e. The first-order valence-electron chi connectivity index (χ1n) is 6.27. The van der Waals surface area contributed by atoms with Crippen molar-refractivity contribution in [2.45, 2.75) is 44.4 Å². The number of fused-ring (bicyclic) bond motifs is 1. The Morgan fingerprint density at radius 1 is 1.35 bits per heavy atom. The molecule has 0 heterocycles. The molecule has 0 saturated carbocycles. The number of nitrogens with two attached hydrogens (primary N) is 1. The van der Waals surface area contributed by atoms with Crippen LogP contribution >= 0.6 is 0 Å². The molecule has 94 valence electrons.